The van der Waals surface area contributed by atoms with Gasteiger partial charge < -0.3 is 5.11 Å². The molecule has 0 atom stereocenters. The zero-order chi connectivity index (χ0) is 15.7. The summed E-state index contributed by atoms with van der Waals surface area (Å²) in [5.74, 6) is -1.13. The van der Waals surface area contributed by atoms with E-state index in [2.05, 4.69) is 4.98 Å². The van der Waals surface area contributed by atoms with E-state index in [0.717, 1.165) is 8.87 Å². The van der Waals surface area contributed by atoms with Crippen LogP contribution in [0.3, 0.4) is 0 Å². The van der Waals surface area contributed by atoms with Crippen molar-refractivity contribution in [2.45, 2.75) is 26.3 Å². The van der Waals surface area contributed by atoms with Crippen molar-refractivity contribution in [1.82, 2.24) is 13.9 Å². The highest BCUT2D eigenvalue weighted by molar-refractivity contribution is 7.89. The topological polar surface area (TPSA) is 112 Å². The van der Waals surface area contributed by atoms with Gasteiger partial charge in [0.15, 0.2) is 0 Å². The molecule has 1 aromatic rings. The fourth-order valence-electron chi connectivity index (χ4n) is 1.69. The molecule has 0 radical (unpaired) electrons. The summed E-state index contributed by atoms with van der Waals surface area (Å²) in [5.41, 5.74) is -1.42. The van der Waals surface area contributed by atoms with Gasteiger partial charge in [-0.25, -0.2) is 17.5 Å². The average Bonchev–Trinajstić information content (AvgIpc) is 2.26. The van der Waals surface area contributed by atoms with Crippen molar-refractivity contribution >= 4 is 10.0 Å². The van der Waals surface area contributed by atoms with Gasteiger partial charge >= 0.3 is 5.69 Å². The minimum Gasteiger partial charge on any atom is -0.494 e. The Morgan fingerprint density at radius 1 is 1.30 bits per heavy atom. The summed E-state index contributed by atoms with van der Waals surface area (Å²) < 4.78 is 25.2. The monoisotopic (exact) mass is 305 g/mol. The van der Waals surface area contributed by atoms with E-state index in [1.165, 1.54) is 14.1 Å². The van der Waals surface area contributed by atoms with Crippen LogP contribution in [0.1, 0.15) is 25.3 Å². The Kier molecular flexibility index (Phi) is 4.77. The van der Waals surface area contributed by atoms with E-state index in [0.29, 0.717) is 0 Å². The number of rotatable bonds is 5. The smallest absolute Gasteiger partial charge is 0.331 e. The van der Waals surface area contributed by atoms with Gasteiger partial charge in [-0.2, -0.15) is 0 Å². The molecular weight excluding hydrogens is 286 g/mol. The van der Waals surface area contributed by atoms with Crippen LogP contribution in [0.5, 0.6) is 5.88 Å². The largest absolute Gasteiger partial charge is 0.494 e. The molecule has 1 aromatic heterocycles. The first kappa shape index (κ1) is 16.4. The second-order valence-corrected chi connectivity index (χ2v) is 7.20. The summed E-state index contributed by atoms with van der Waals surface area (Å²) in [5, 5.41) is 9.99. The average molecular weight is 305 g/mol. The van der Waals surface area contributed by atoms with Crippen LogP contribution in [0.2, 0.25) is 0 Å². The Hall–Kier alpha value is -1.61. The highest BCUT2D eigenvalue weighted by Gasteiger charge is 2.19. The molecule has 1 heterocycles. The molecular formula is C11H19N3O5S. The third-order valence-corrected chi connectivity index (χ3v) is 4.72. The SMILES string of the molecule is CC(C)c1c(O)n(CCS(=O)(=O)N(C)C)c(=O)[nH]c1=O. The summed E-state index contributed by atoms with van der Waals surface area (Å²) in [7, 11) is -0.744. The molecule has 0 saturated carbocycles. The molecule has 0 amide bonds. The van der Waals surface area contributed by atoms with Gasteiger partial charge in [-0.1, -0.05) is 13.8 Å². The first-order chi connectivity index (χ1) is 9.08. The second kappa shape index (κ2) is 5.80. The lowest BCUT2D eigenvalue weighted by Crippen LogP contribution is -2.35. The van der Waals surface area contributed by atoms with Crippen molar-refractivity contribution in [3.8, 4) is 5.88 Å². The predicted molar refractivity (Wildman–Crippen MR) is 74.6 cm³/mol. The fourth-order valence-corrected chi connectivity index (χ4v) is 2.47. The Labute approximate surface area is 116 Å². The minimum atomic E-state index is -3.50. The minimum absolute atomic E-state index is 0.0619. The Bertz CT molecular complexity index is 700. The first-order valence-electron chi connectivity index (χ1n) is 6.04. The van der Waals surface area contributed by atoms with Crippen LogP contribution in [0.15, 0.2) is 9.59 Å². The van der Waals surface area contributed by atoms with E-state index in [9.17, 15) is 23.1 Å². The third-order valence-electron chi connectivity index (χ3n) is 2.91. The molecule has 0 unspecified atom stereocenters. The molecule has 0 aliphatic carbocycles. The molecule has 0 saturated heterocycles. The molecule has 2 N–H and O–H groups in total. The van der Waals surface area contributed by atoms with Crippen molar-refractivity contribution in [2.24, 2.45) is 0 Å². The highest BCUT2D eigenvalue weighted by atomic mass is 32.2. The molecule has 9 heteroatoms. The lowest BCUT2D eigenvalue weighted by molar-refractivity contribution is 0.393. The van der Waals surface area contributed by atoms with Crippen LogP contribution in [0.25, 0.3) is 0 Å². The zero-order valence-corrected chi connectivity index (χ0v) is 12.7. The predicted octanol–water partition coefficient (Wildman–Crippen LogP) is -0.743. The lowest BCUT2D eigenvalue weighted by atomic mass is 10.1. The molecule has 0 aromatic carbocycles. The number of nitrogens with one attached hydrogen (secondary N) is 1. The molecule has 1 rings (SSSR count). The maximum absolute atomic E-state index is 11.7. The number of hydrogen-bond acceptors (Lipinski definition) is 5. The molecule has 114 valence electrons. The number of aromatic hydroxyl groups is 1. The van der Waals surface area contributed by atoms with Crippen molar-refractivity contribution in [3.63, 3.8) is 0 Å². The second-order valence-electron chi connectivity index (χ2n) is 4.90. The molecule has 0 aliphatic heterocycles. The van der Waals surface area contributed by atoms with E-state index in [1.54, 1.807) is 13.8 Å². The van der Waals surface area contributed by atoms with Gasteiger partial charge in [-0.3, -0.25) is 14.3 Å². The van der Waals surface area contributed by atoms with Crippen LogP contribution in [0.4, 0.5) is 0 Å². The number of H-pyrrole nitrogens is 1. The molecule has 0 spiro atoms. The van der Waals surface area contributed by atoms with Crippen LogP contribution < -0.4 is 11.2 Å². The van der Waals surface area contributed by atoms with Crippen LogP contribution >= 0.6 is 0 Å². The number of hydrogen-bond donors (Lipinski definition) is 2. The summed E-state index contributed by atoms with van der Waals surface area (Å²) in [4.78, 5) is 25.3. The lowest BCUT2D eigenvalue weighted by Gasteiger charge is -2.15. The molecule has 8 nitrogen and oxygen atoms in total. The Morgan fingerprint density at radius 3 is 2.30 bits per heavy atom. The van der Waals surface area contributed by atoms with Crippen molar-refractivity contribution in [2.75, 3.05) is 19.8 Å². The van der Waals surface area contributed by atoms with Crippen molar-refractivity contribution in [3.05, 3.63) is 26.4 Å². The first-order valence-corrected chi connectivity index (χ1v) is 7.65. The number of aromatic nitrogens is 2. The molecule has 0 bridgehead atoms. The van der Waals surface area contributed by atoms with E-state index in [4.69, 9.17) is 0 Å². The number of aromatic amines is 1. The summed E-state index contributed by atoms with van der Waals surface area (Å²) in [6, 6.07) is 0. The Balaban J connectivity index is 3.25. The zero-order valence-electron chi connectivity index (χ0n) is 11.9. The van der Waals surface area contributed by atoms with Crippen molar-refractivity contribution in [1.29, 1.82) is 0 Å². The van der Waals surface area contributed by atoms with Gasteiger partial charge in [0.2, 0.25) is 15.9 Å². The van der Waals surface area contributed by atoms with Gasteiger partial charge in [0.1, 0.15) is 0 Å². The van der Waals surface area contributed by atoms with Crippen LogP contribution in [0, 0.1) is 0 Å². The summed E-state index contributed by atoms with van der Waals surface area (Å²) >= 11 is 0. The number of nitrogens with zero attached hydrogens (tertiary/aromatic N) is 2. The molecule has 20 heavy (non-hydrogen) atoms. The van der Waals surface area contributed by atoms with E-state index in [1.807, 2.05) is 0 Å². The maximum Gasteiger partial charge on any atom is 0.331 e. The highest BCUT2D eigenvalue weighted by Crippen LogP contribution is 2.19. The summed E-state index contributed by atoms with van der Waals surface area (Å²) in [6.45, 7) is 3.15. The molecule has 0 aliphatic rings. The van der Waals surface area contributed by atoms with Gasteiger partial charge in [-0.15, -0.1) is 0 Å². The van der Waals surface area contributed by atoms with Gasteiger partial charge in [-0.05, 0) is 5.92 Å². The van der Waals surface area contributed by atoms with E-state index in [-0.39, 0.29) is 23.8 Å². The maximum atomic E-state index is 11.7. The quantitative estimate of drug-likeness (QED) is 0.744. The van der Waals surface area contributed by atoms with E-state index >= 15 is 0 Å². The third kappa shape index (κ3) is 3.28. The molecule has 0 fully saturated rings. The van der Waals surface area contributed by atoms with Gasteiger partial charge in [0.05, 0.1) is 11.3 Å². The normalized spacial score (nSPS) is 12.3. The standard InChI is InChI=1S/C11H19N3O5S/c1-7(2)8-9(15)12-11(17)14(10(8)16)5-6-20(18,19)13(3)4/h7,16H,5-6H2,1-4H3,(H,12,15,17). The van der Waals surface area contributed by atoms with Crippen molar-refractivity contribution < 1.29 is 13.5 Å². The van der Waals surface area contributed by atoms with Crippen LogP contribution in [-0.4, -0.2) is 47.2 Å². The van der Waals surface area contributed by atoms with Gasteiger partial charge in [0, 0.05) is 20.6 Å². The van der Waals surface area contributed by atoms with E-state index < -0.39 is 27.2 Å². The fraction of sp³-hybridized carbons (Fsp3) is 0.636. The summed E-state index contributed by atoms with van der Waals surface area (Å²) in [6.07, 6.45) is 0. The van der Waals surface area contributed by atoms with Gasteiger partial charge in [0.25, 0.3) is 5.56 Å². The number of sulfonamides is 1. The Morgan fingerprint density at radius 2 is 1.85 bits per heavy atom. The van der Waals surface area contributed by atoms with Crippen LogP contribution in [-0.2, 0) is 16.6 Å².